The second kappa shape index (κ2) is 8.47. The predicted molar refractivity (Wildman–Crippen MR) is 131 cm³/mol. The van der Waals surface area contributed by atoms with Crippen LogP contribution >= 0.6 is 11.8 Å². The third kappa shape index (κ3) is 4.07. The van der Waals surface area contributed by atoms with Gasteiger partial charge in [-0.15, -0.1) is 0 Å². The van der Waals surface area contributed by atoms with Crippen molar-refractivity contribution in [2.24, 2.45) is 11.5 Å². The Kier molecular flexibility index (Phi) is 5.76. The molecule has 0 aliphatic carbocycles. The van der Waals surface area contributed by atoms with Crippen molar-refractivity contribution in [1.29, 1.82) is 0 Å². The van der Waals surface area contributed by atoms with Crippen LogP contribution < -0.4 is 31.7 Å². The van der Waals surface area contributed by atoms with E-state index in [1.807, 2.05) is 19.1 Å². The van der Waals surface area contributed by atoms with Crippen molar-refractivity contribution in [3.05, 3.63) is 47.2 Å². The molecule has 2 aromatic rings. The molecule has 4 heterocycles. The number of hydrogen-bond donors (Lipinski definition) is 4. The first-order chi connectivity index (χ1) is 15.7. The molecule has 1 fully saturated rings. The van der Waals surface area contributed by atoms with Crippen LogP contribution in [0.25, 0.3) is 0 Å². The van der Waals surface area contributed by atoms with Crippen LogP contribution in [0.1, 0.15) is 30.7 Å². The minimum atomic E-state index is -1.26. The van der Waals surface area contributed by atoms with Gasteiger partial charge in [0.25, 0.3) is 0 Å². The van der Waals surface area contributed by atoms with Gasteiger partial charge in [-0.25, -0.2) is 4.98 Å². The maximum atomic E-state index is 13.1. The predicted octanol–water partition coefficient (Wildman–Crippen LogP) is 1.24. The molecule has 0 saturated carbocycles. The summed E-state index contributed by atoms with van der Waals surface area (Å²) in [5, 5.41) is 6.72. The molecule has 33 heavy (non-hydrogen) atoms. The third-order valence-corrected chi connectivity index (χ3v) is 8.41. The monoisotopic (exact) mass is 468 g/mol. The summed E-state index contributed by atoms with van der Waals surface area (Å²) in [5.74, 6) is 0.712. The number of aromatic nitrogens is 1. The van der Waals surface area contributed by atoms with Crippen molar-refractivity contribution in [3.8, 4) is 5.75 Å². The maximum absolute atomic E-state index is 13.1. The van der Waals surface area contributed by atoms with Crippen molar-refractivity contribution in [1.82, 2.24) is 15.6 Å². The molecule has 0 bridgehead atoms. The van der Waals surface area contributed by atoms with E-state index in [1.54, 1.807) is 0 Å². The van der Waals surface area contributed by atoms with Crippen LogP contribution in [0.5, 0.6) is 5.75 Å². The number of ether oxygens (including phenoxy) is 1. The molecule has 1 amide bonds. The highest BCUT2D eigenvalue weighted by molar-refractivity contribution is 8.01. The summed E-state index contributed by atoms with van der Waals surface area (Å²) in [7, 11) is 0. The minimum absolute atomic E-state index is 0.135. The van der Waals surface area contributed by atoms with E-state index in [9.17, 15) is 4.79 Å². The molecule has 0 spiro atoms. The van der Waals surface area contributed by atoms with E-state index >= 15 is 0 Å². The number of hydrogen-bond acceptors (Lipinski definition) is 8. The molecule has 1 aromatic heterocycles. The van der Waals surface area contributed by atoms with E-state index in [2.05, 4.69) is 52.6 Å². The van der Waals surface area contributed by atoms with Crippen LogP contribution in [-0.4, -0.2) is 54.0 Å². The highest BCUT2D eigenvalue weighted by Crippen LogP contribution is 2.43. The molecule has 0 radical (unpaired) electrons. The van der Waals surface area contributed by atoms with Gasteiger partial charge in [0.05, 0.1) is 6.04 Å². The van der Waals surface area contributed by atoms with E-state index in [0.29, 0.717) is 30.7 Å². The molecule has 8 nitrogen and oxygen atoms in total. The van der Waals surface area contributed by atoms with Gasteiger partial charge in [-0.2, -0.15) is 0 Å². The Morgan fingerprint density at radius 3 is 2.94 bits per heavy atom. The van der Waals surface area contributed by atoms with Gasteiger partial charge >= 0.3 is 0 Å². The Balaban J connectivity index is 1.26. The molecule has 4 atom stereocenters. The number of benzene rings is 1. The van der Waals surface area contributed by atoms with Gasteiger partial charge in [-0.3, -0.25) is 4.79 Å². The minimum Gasteiger partial charge on any atom is -0.491 e. The topological polar surface area (TPSA) is 119 Å². The number of aryl methyl sites for hydroxylation is 1. The summed E-state index contributed by atoms with van der Waals surface area (Å²) in [4.78, 5) is 20.1. The number of pyridine rings is 1. The number of amides is 1. The zero-order chi connectivity index (χ0) is 23.3. The van der Waals surface area contributed by atoms with Gasteiger partial charge in [0.15, 0.2) is 0 Å². The van der Waals surface area contributed by atoms with Gasteiger partial charge in [0, 0.05) is 48.2 Å². The first kappa shape index (κ1) is 22.5. The van der Waals surface area contributed by atoms with E-state index in [-0.39, 0.29) is 11.9 Å². The van der Waals surface area contributed by atoms with Crippen LogP contribution in [0.4, 0.5) is 5.69 Å². The standard InChI is InChI=1S/C24H32N6O2S/c1-13-4-7-19-23(28-13)33-21(24(19,25)26)22(31)29-17-10-16-5-6-18(11-20(16)32-12-17)30-9-8-27-14(2)15(30)3/h4-7,11,14-15,17,21,27H,8-10,12,25-26H2,1-3H3,(H,29,31)/t14-,15+,17+,21?/m0/s1. The highest BCUT2D eigenvalue weighted by Gasteiger charge is 2.47. The first-order valence-corrected chi connectivity index (χ1v) is 12.4. The lowest BCUT2D eigenvalue weighted by atomic mass is 9.97. The van der Waals surface area contributed by atoms with Gasteiger partial charge in [0.2, 0.25) is 5.91 Å². The average Bonchev–Trinajstić information content (AvgIpc) is 3.05. The summed E-state index contributed by atoms with van der Waals surface area (Å²) in [6.45, 7) is 8.73. The second-order valence-electron chi connectivity index (χ2n) is 9.43. The number of anilines is 1. The number of piperazine rings is 1. The molecular weight excluding hydrogens is 436 g/mol. The molecular formula is C24H32N6O2S. The number of nitrogens with one attached hydrogen (secondary N) is 2. The summed E-state index contributed by atoms with van der Waals surface area (Å²) >= 11 is 1.33. The molecule has 5 rings (SSSR count). The number of nitrogens with two attached hydrogens (primary N) is 2. The van der Waals surface area contributed by atoms with Gasteiger partial charge in [0.1, 0.15) is 28.3 Å². The van der Waals surface area contributed by atoms with Gasteiger partial charge < -0.3 is 31.7 Å². The third-order valence-electron chi connectivity index (χ3n) is 7.04. The van der Waals surface area contributed by atoms with Crippen molar-refractivity contribution < 1.29 is 9.53 Å². The number of carbonyl (C=O) groups excluding carboxylic acids is 1. The van der Waals surface area contributed by atoms with Crippen molar-refractivity contribution >= 4 is 23.4 Å². The van der Waals surface area contributed by atoms with Crippen molar-refractivity contribution in [2.75, 3.05) is 24.6 Å². The molecule has 1 saturated heterocycles. The number of carbonyl (C=O) groups is 1. The quantitative estimate of drug-likeness (QED) is 0.497. The number of thioether (sulfide) groups is 1. The Bertz CT molecular complexity index is 1080. The van der Waals surface area contributed by atoms with Crippen LogP contribution in [0.3, 0.4) is 0 Å². The molecule has 6 N–H and O–H groups in total. The molecule has 3 aliphatic rings. The Morgan fingerprint density at radius 2 is 2.12 bits per heavy atom. The summed E-state index contributed by atoms with van der Waals surface area (Å²) in [5.41, 5.74) is 15.4. The van der Waals surface area contributed by atoms with E-state index < -0.39 is 10.9 Å². The van der Waals surface area contributed by atoms with Crippen molar-refractivity contribution in [3.63, 3.8) is 0 Å². The molecule has 1 aromatic carbocycles. The SMILES string of the molecule is Cc1ccc2c(n1)SC(C(=O)N[C@H]1COc3cc(N4CCN[C@@H](C)[C@H]4C)ccc3C1)C2(N)N. The van der Waals surface area contributed by atoms with E-state index in [4.69, 9.17) is 16.2 Å². The lowest BCUT2D eigenvalue weighted by molar-refractivity contribution is -0.122. The largest absolute Gasteiger partial charge is 0.491 e. The number of rotatable bonds is 3. The Morgan fingerprint density at radius 1 is 1.30 bits per heavy atom. The molecule has 176 valence electrons. The van der Waals surface area contributed by atoms with E-state index in [1.165, 1.54) is 17.4 Å². The zero-order valence-electron chi connectivity index (χ0n) is 19.3. The normalized spacial score (nSPS) is 28.0. The Hall–Kier alpha value is -2.33. The van der Waals surface area contributed by atoms with Crippen LogP contribution in [0.15, 0.2) is 35.4 Å². The maximum Gasteiger partial charge on any atom is 0.237 e. The fourth-order valence-electron chi connectivity index (χ4n) is 4.90. The second-order valence-corrected chi connectivity index (χ2v) is 10.5. The number of fused-ring (bicyclic) bond motifs is 2. The number of nitrogens with zero attached hydrogens (tertiary/aromatic N) is 2. The summed E-state index contributed by atoms with van der Waals surface area (Å²) < 4.78 is 6.08. The van der Waals surface area contributed by atoms with Crippen LogP contribution in [0.2, 0.25) is 0 Å². The molecule has 1 unspecified atom stereocenters. The lowest BCUT2D eigenvalue weighted by Crippen LogP contribution is -2.59. The fourth-order valence-corrected chi connectivity index (χ4v) is 6.19. The smallest absolute Gasteiger partial charge is 0.237 e. The van der Waals surface area contributed by atoms with Gasteiger partial charge in [-0.05, 0) is 44.9 Å². The molecule has 3 aliphatic heterocycles. The van der Waals surface area contributed by atoms with E-state index in [0.717, 1.165) is 35.1 Å². The fraction of sp³-hybridized carbons (Fsp3) is 0.500. The molecule has 9 heteroatoms. The first-order valence-electron chi connectivity index (χ1n) is 11.5. The zero-order valence-corrected chi connectivity index (χ0v) is 20.1. The summed E-state index contributed by atoms with van der Waals surface area (Å²) in [6.07, 6.45) is 0.707. The van der Waals surface area contributed by atoms with Gasteiger partial charge in [-0.1, -0.05) is 23.9 Å². The van der Waals surface area contributed by atoms with Crippen LogP contribution in [-0.2, 0) is 16.9 Å². The highest BCUT2D eigenvalue weighted by atomic mass is 32.2. The lowest BCUT2D eigenvalue weighted by Gasteiger charge is -2.40. The van der Waals surface area contributed by atoms with Crippen LogP contribution in [0, 0.1) is 6.92 Å². The average molecular weight is 469 g/mol. The Labute approximate surface area is 198 Å². The summed E-state index contributed by atoms with van der Waals surface area (Å²) in [6, 6.07) is 10.9. The van der Waals surface area contributed by atoms with Crippen molar-refractivity contribution in [2.45, 2.75) is 61.3 Å².